The molecule has 5 heterocycles. The van der Waals surface area contributed by atoms with Crippen LogP contribution in [0.4, 0.5) is 21.7 Å². The molecule has 0 spiro atoms. The maximum Gasteiger partial charge on any atom is 0.227 e. The Morgan fingerprint density at radius 1 is 1.21 bits per heavy atom. The first-order chi connectivity index (χ1) is 18.9. The van der Waals surface area contributed by atoms with Gasteiger partial charge in [-0.2, -0.15) is 0 Å². The Morgan fingerprint density at radius 2 is 2.00 bits per heavy atom. The number of morpholine rings is 2. The summed E-state index contributed by atoms with van der Waals surface area (Å²) >= 11 is 6.42. The van der Waals surface area contributed by atoms with Crippen LogP contribution in [-0.4, -0.2) is 82.2 Å². The van der Waals surface area contributed by atoms with Crippen molar-refractivity contribution in [1.29, 1.82) is 0 Å². The zero-order chi connectivity index (χ0) is 27.1. The van der Waals surface area contributed by atoms with Gasteiger partial charge in [-0.15, -0.1) is 0 Å². The Labute approximate surface area is 228 Å². The molecule has 0 radical (unpaired) electrons. The summed E-state index contributed by atoms with van der Waals surface area (Å²) in [7, 11) is 1.60. The third kappa shape index (κ3) is 4.87. The highest BCUT2D eigenvalue weighted by Crippen LogP contribution is 2.34. The van der Waals surface area contributed by atoms with Gasteiger partial charge in [0.15, 0.2) is 17.8 Å². The minimum Gasteiger partial charge on any atom is -0.494 e. The zero-order valence-electron chi connectivity index (χ0n) is 21.0. The first-order valence-electron chi connectivity index (χ1n) is 12.4. The summed E-state index contributed by atoms with van der Waals surface area (Å²) in [6.07, 6.45) is 4.75. The Balaban J connectivity index is 1.23. The molecule has 11 nitrogen and oxygen atoms in total. The van der Waals surface area contributed by atoms with Crippen molar-refractivity contribution < 1.29 is 18.7 Å². The van der Waals surface area contributed by atoms with Crippen LogP contribution in [0.3, 0.4) is 0 Å². The maximum absolute atomic E-state index is 14.2. The Hall–Kier alpha value is -3.84. The van der Waals surface area contributed by atoms with Crippen LogP contribution in [0.2, 0.25) is 5.02 Å². The summed E-state index contributed by atoms with van der Waals surface area (Å²) in [5.74, 6) is 0.452. The minimum atomic E-state index is -0.611. The number of carbonyl (C=O) groups excluding carboxylic acids is 1. The van der Waals surface area contributed by atoms with Gasteiger partial charge in [0, 0.05) is 44.1 Å². The lowest BCUT2D eigenvalue weighted by Crippen LogP contribution is -2.63. The molecular weight excluding hydrogens is 527 g/mol. The van der Waals surface area contributed by atoms with Crippen LogP contribution in [0.15, 0.2) is 48.9 Å². The van der Waals surface area contributed by atoms with Crippen LogP contribution >= 0.6 is 11.6 Å². The number of methoxy groups -OCH3 is 1. The fraction of sp³-hybridized carbons (Fsp3) is 0.308. The van der Waals surface area contributed by atoms with E-state index in [1.807, 2.05) is 23.1 Å². The number of nitrogens with two attached hydrogens (primary N) is 1. The molecule has 0 amide bonds. The van der Waals surface area contributed by atoms with E-state index >= 15 is 0 Å². The molecule has 39 heavy (non-hydrogen) atoms. The number of nitrogens with zero attached hydrogens (tertiary/aromatic N) is 6. The number of anilines is 3. The summed E-state index contributed by atoms with van der Waals surface area (Å²) in [5, 5.41) is 3.51. The lowest BCUT2D eigenvalue weighted by atomic mass is 10.1. The van der Waals surface area contributed by atoms with Crippen molar-refractivity contribution in [3.63, 3.8) is 0 Å². The lowest BCUT2D eigenvalue weighted by Gasteiger charge is -2.47. The highest BCUT2D eigenvalue weighted by molar-refractivity contribution is 6.32. The number of carbonyl (C=O) groups is 1. The van der Waals surface area contributed by atoms with Gasteiger partial charge < -0.3 is 30.2 Å². The van der Waals surface area contributed by atoms with Gasteiger partial charge in [-0.1, -0.05) is 11.6 Å². The molecule has 2 aliphatic rings. The maximum atomic E-state index is 14.2. The number of hydrogen-bond donors (Lipinski definition) is 2. The first-order valence-corrected chi connectivity index (χ1v) is 12.8. The molecule has 3 unspecified atom stereocenters. The van der Waals surface area contributed by atoms with Gasteiger partial charge in [-0.25, -0.2) is 19.3 Å². The van der Waals surface area contributed by atoms with Crippen molar-refractivity contribution in [2.24, 2.45) is 5.73 Å². The number of halogens is 2. The number of hydrogen-bond acceptors (Lipinski definition) is 10. The Morgan fingerprint density at radius 3 is 2.74 bits per heavy atom. The molecule has 6 rings (SSSR count). The fourth-order valence-electron chi connectivity index (χ4n) is 5.12. The van der Waals surface area contributed by atoms with Crippen LogP contribution < -0.4 is 20.7 Å². The van der Waals surface area contributed by atoms with E-state index in [1.165, 1.54) is 18.5 Å². The summed E-state index contributed by atoms with van der Waals surface area (Å²) in [6, 6.07) is 8.77. The van der Waals surface area contributed by atoms with Crippen molar-refractivity contribution in [2.45, 2.75) is 18.4 Å². The van der Waals surface area contributed by atoms with Crippen LogP contribution in [0.1, 0.15) is 0 Å². The zero-order valence-corrected chi connectivity index (χ0v) is 21.8. The van der Waals surface area contributed by atoms with Gasteiger partial charge in [-0.3, -0.25) is 9.30 Å². The van der Waals surface area contributed by atoms with Gasteiger partial charge in [0.2, 0.25) is 5.95 Å². The summed E-state index contributed by atoms with van der Waals surface area (Å²) < 4.78 is 27.5. The molecule has 2 fully saturated rings. The van der Waals surface area contributed by atoms with Gasteiger partial charge in [0.25, 0.3) is 0 Å². The number of nitrogens with one attached hydrogen (secondary N) is 1. The third-order valence-corrected chi connectivity index (χ3v) is 7.22. The topological polar surface area (TPSA) is 123 Å². The average Bonchev–Trinajstić information content (AvgIpc) is 3.38. The predicted molar refractivity (Wildman–Crippen MR) is 144 cm³/mol. The monoisotopic (exact) mass is 552 g/mol. The molecule has 3 atom stereocenters. The molecule has 0 aliphatic carbocycles. The van der Waals surface area contributed by atoms with Crippen molar-refractivity contribution in [3.8, 4) is 17.1 Å². The summed E-state index contributed by atoms with van der Waals surface area (Å²) in [4.78, 5) is 28.4. The third-order valence-electron chi connectivity index (χ3n) is 6.94. The van der Waals surface area contributed by atoms with Gasteiger partial charge in [-0.05, 0) is 24.3 Å². The molecule has 2 saturated heterocycles. The molecule has 2 aliphatic heterocycles. The average molecular weight is 553 g/mol. The summed E-state index contributed by atoms with van der Waals surface area (Å²) in [6.45, 7) is 2.52. The molecule has 1 aromatic carbocycles. The van der Waals surface area contributed by atoms with Crippen LogP contribution in [0.5, 0.6) is 5.75 Å². The smallest absolute Gasteiger partial charge is 0.227 e. The number of fused-ring (bicyclic) bond motifs is 3. The summed E-state index contributed by atoms with van der Waals surface area (Å²) in [5.41, 5.74) is 8.69. The second kappa shape index (κ2) is 10.4. The predicted octanol–water partition coefficient (Wildman–Crippen LogP) is 2.71. The SMILES string of the molecule is COc1cc(N2CC3CN(C(N)C=O)CC(C2)O3)ccc1Nc1ncc(Cl)c(-c2cnc3c(F)cccn23)n1. The van der Waals surface area contributed by atoms with Gasteiger partial charge in [0.05, 0.1) is 48.1 Å². The lowest BCUT2D eigenvalue weighted by molar-refractivity contribution is -0.124. The highest BCUT2D eigenvalue weighted by Gasteiger charge is 2.36. The van der Waals surface area contributed by atoms with E-state index < -0.39 is 12.0 Å². The molecule has 0 saturated carbocycles. The second-order valence-electron chi connectivity index (χ2n) is 9.46. The van der Waals surface area contributed by atoms with Crippen molar-refractivity contribution in [3.05, 3.63) is 59.8 Å². The largest absolute Gasteiger partial charge is 0.494 e. The van der Waals surface area contributed by atoms with Crippen LogP contribution in [0.25, 0.3) is 17.0 Å². The van der Waals surface area contributed by atoms with E-state index in [0.29, 0.717) is 60.0 Å². The number of rotatable bonds is 7. The van der Waals surface area contributed by atoms with E-state index in [0.717, 1.165) is 12.0 Å². The van der Waals surface area contributed by atoms with Crippen LogP contribution in [0, 0.1) is 5.82 Å². The molecule has 13 heteroatoms. The van der Waals surface area contributed by atoms with E-state index in [4.69, 9.17) is 26.8 Å². The van der Waals surface area contributed by atoms with E-state index in [1.54, 1.807) is 23.8 Å². The molecule has 2 bridgehead atoms. The van der Waals surface area contributed by atoms with Crippen molar-refractivity contribution in [2.75, 3.05) is 43.5 Å². The minimum absolute atomic E-state index is 0.0544. The molecule has 202 valence electrons. The van der Waals surface area contributed by atoms with E-state index in [2.05, 4.69) is 25.2 Å². The van der Waals surface area contributed by atoms with Gasteiger partial charge in [0.1, 0.15) is 17.6 Å². The Kier molecular flexibility index (Phi) is 6.77. The van der Waals surface area contributed by atoms with E-state index in [-0.39, 0.29) is 17.9 Å². The number of pyridine rings is 1. The Bertz CT molecular complexity index is 1520. The number of benzene rings is 1. The van der Waals surface area contributed by atoms with Crippen LogP contribution in [-0.2, 0) is 9.53 Å². The number of aldehydes is 1. The van der Waals surface area contributed by atoms with Gasteiger partial charge >= 0.3 is 0 Å². The number of ether oxygens (including phenoxy) is 2. The number of imidazole rings is 1. The van der Waals surface area contributed by atoms with Crippen molar-refractivity contribution in [1.82, 2.24) is 24.3 Å². The molecule has 3 aromatic heterocycles. The van der Waals surface area contributed by atoms with E-state index in [9.17, 15) is 9.18 Å². The normalized spacial score (nSPS) is 20.2. The quantitative estimate of drug-likeness (QED) is 0.331. The first kappa shape index (κ1) is 25.4. The molecule has 3 N–H and O–H groups in total. The number of aromatic nitrogens is 4. The molecular formula is C26H26ClFN8O3. The standard InChI is InChI=1S/C26H26ClFN8O3/c1-38-22-7-15(34-10-16-12-35(23(29)14-37)13-17(11-34)39-16)4-5-20(22)32-26-31-8-18(27)24(33-26)21-9-30-25-19(28)3-2-6-36(21)25/h2-9,14,16-17,23H,10-13,29H2,1H3,(H,31,32,33). The molecule has 4 aromatic rings. The highest BCUT2D eigenvalue weighted by atomic mass is 35.5. The fourth-order valence-corrected chi connectivity index (χ4v) is 5.31. The second-order valence-corrected chi connectivity index (χ2v) is 9.87. The van der Waals surface area contributed by atoms with Crippen molar-refractivity contribution >= 4 is 40.9 Å².